The zero-order valence-corrected chi connectivity index (χ0v) is 31.8. The molecule has 0 bridgehead atoms. The van der Waals surface area contributed by atoms with Crippen molar-refractivity contribution in [2.24, 2.45) is 0 Å². The van der Waals surface area contributed by atoms with Crippen molar-refractivity contribution in [3.63, 3.8) is 0 Å². The van der Waals surface area contributed by atoms with Crippen molar-refractivity contribution in [2.45, 2.75) is 37.5 Å². The summed E-state index contributed by atoms with van der Waals surface area (Å²) in [6, 6.07) is 56.3. The second kappa shape index (κ2) is 10.9. The van der Waals surface area contributed by atoms with Crippen molar-refractivity contribution in [3.05, 3.63) is 203 Å². The molecule has 2 aromatic heterocycles. The highest BCUT2D eigenvalue weighted by molar-refractivity contribution is 6.13. The van der Waals surface area contributed by atoms with E-state index in [2.05, 4.69) is 182 Å². The summed E-state index contributed by atoms with van der Waals surface area (Å²) in [6.07, 6.45) is 6.85. The largest absolute Gasteiger partial charge is 0.278 e. The molecule has 1 spiro atoms. The van der Waals surface area contributed by atoms with E-state index in [0.717, 1.165) is 46.4 Å². The standard InChI is InChI=1S/C54H37N3/c1-53(2)42-22-10-8-21-39(42)49-50(55-52(56-51(49)53)57-47-26-14-9-20-38(47)41-29-32-15-3-4-16-33(32)31-48(41)57)34-27-28-46-40(30-34)37-19-7-13-25-45(37)54(46)43-23-11-5-17-35(43)36-18-6-12-24-44(36)54/h3-12,14-24,26-31H,13,25H2,1-2H3. The van der Waals surface area contributed by atoms with Crippen LogP contribution in [0.4, 0.5) is 0 Å². The Morgan fingerprint density at radius 1 is 0.544 bits per heavy atom. The molecule has 0 N–H and O–H groups in total. The minimum Gasteiger partial charge on any atom is -0.278 e. The fourth-order valence-corrected chi connectivity index (χ4v) is 11.3. The lowest BCUT2D eigenvalue weighted by Gasteiger charge is -2.33. The zero-order valence-electron chi connectivity index (χ0n) is 31.8. The smallest absolute Gasteiger partial charge is 0.235 e. The second-order valence-electron chi connectivity index (χ2n) is 16.8. The van der Waals surface area contributed by atoms with Gasteiger partial charge in [-0.1, -0.05) is 153 Å². The Kier molecular flexibility index (Phi) is 6.01. The molecule has 0 radical (unpaired) electrons. The summed E-state index contributed by atoms with van der Waals surface area (Å²) < 4.78 is 2.30. The number of benzene rings is 7. The summed E-state index contributed by atoms with van der Waals surface area (Å²) in [6.45, 7) is 4.64. The molecule has 13 rings (SSSR count). The maximum absolute atomic E-state index is 5.71. The number of para-hydroxylation sites is 1. The first-order valence-corrected chi connectivity index (χ1v) is 20.2. The molecule has 4 aliphatic rings. The summed E-state index contributed by atoms with van der Waals surface area (Å²) in [5.41, 5.74) is 19.5. The van der Waals surface area contributed by atoms with Crippen molar-refractivity contribution >= 4 is 38.2 Å². The van der Waals surface area contributed by atoms with E-state index in [9.17, 15) is 0 Å². The van der Waals surface area contributed by atoms with Crippen LogP contribution in [0.2, 0.25) is 0 Å². The minimum atomic E-state index is -0.316. The number of nitrogens with zero attached hydrogens (tertiary/aromatic N) is 3. The quantitative estimate of drug-likeness (QED) is 0.177. The van der Waals surface area contributed by atoms with Crippen LogP contribution in [0.25, 0.3) is 77.6 Å². The second-order valence-corrected chi connectivity index (χ2v) is 16.8. The number of rotatable bonds is 2. The first-order chi connectivity index (χ1) is 28.0. The average molecular weight is 728 g/mol. The van der Waals surface area contributed by atoms with Crippen molar-refractivity contribution in [1.82, 2.24) is 14.5 Å². The number of fused-ring (bicyclic) bond motifs is 16. The fraction of sp³-hybridized carbons (Fsp3) is 0.111. The van der Waals surface area contributed by atoms with E-state index < -0.39 is 0 Å². The van der Waals surface area contributed by atoms with Crippen LogP contribution in [0.1, 0.15) is 60.2 Å². The van der Waals surface area contributed by atoms with Crippen LogP contribution in [0, 0.1) is 0 Å². The van der Waals surface area contributed by atoms with Gasteiger partial charge in [0.2, 0.25) is 5.95 Å². The van der Waals surface area contributed by atoms with E-state index in [4.69, 9.17) is 9.97 Å². The molecule has 7 aromatic carbocycles. The lowest BCUT2D eigenvalue weighted by Crippen LogP contribution is -2.27. The Balaban J connectivity index is 1.11. The van der Waals surface area contributed by atoms with Crippen LogP contribution >= 0.6 is 0 Å². The predicted octanol–water partition coefficient (Wildman–Crippen LogP) is 13.1. The van der Waals surface area contributed by atoms with Gasteiger partial charge in [-0.2, -0.15) is 0 Å². The van der Waals surface area contributed by atoms with Crippen molar-refractivity contribution in [1.29, 1.82) is 0 Å². The Morgan fingerprint density at radius 2 is 1.19 bits per heavy atom. The predicted molar refractivity (Wildman–Crippen MR) is 234 cm³/mol. The van der Waals surface area contributed by atoms with E-state index in [1.807, 2.05) is 0 Å². The topological polar surface area (TPSA) is 30.7 Å². The molecule has 268 valence electrons. The maximum atomic E-state index is 5.71. The normalized spacial score (nSPS) is 16.2. The van der Waals surface area contributed by atoms with Gasteiger partial charge >= 0.3 is 0 Å². The van der Waals surface area contributed by atoms with Crippen LogP contribution in [0.3, 0.4) is 0 Å². The van der Waals surface area contributed by atoms with Gasteiger partial charge in [0.25, 0.3) is 0 Å². The number of aromatic nitrogens is 3. The molecule has 4 aliphatic carbocycles. The SMILES string of the molecule is CC1(C)c2ccccc2-c2c(-c3ccc4c(c3)C3=C(CCC=C3)C43c4ccccc4-c4ccccc43)nc(-n3c4ccccc4c4cc5ccccc5cc43)nc21. The minimum absolute atomic E-state index is 0.305. The average Bonchev–Trinajstić information content (AvgIpc) is 3.92. The fourth-order valence-electron chi connectivity index (χ4n) is 11.3. The van der Waals surface area contributed by atoms with Crippen molar-refractivity contribution in [2.75, 3.05) is 0 Å². The van der Waals surface area contributed by atoms with Gasteiger partial charge in [-0.05, 0) is 104 Å². The first kappa shape index (κ1) is 31.4. The molecular formula is C54H37N3. The monoisotopic (exact) mass is 727 g/mol. The molecule has 9 aromatic rings. The number of hydrogen-bond donors (Lipinski definition) is 0. The summed E-state index contributed by atoms with van der Waals surface area (Å²) in [4.78, 5) is 11.3. The van der Waals surface area contributed by atoms with Gasteiger partial charge in [0.15, 0.2) is 0 Å². The highest BCUT2D eigenvalue weighted by atomic mass is 15.2. The van der Waals surface area contributed by atoms with Gasteiger partial charge < -0.3 is 0 Å². The van der Waals surface area contributed by atoms with Gasteiger partial charge in [0.05, 0.1) is 27.8 Å². The highest BCUT2D eigenvalue weighted by Gasteiger charge is 2.52. The van der Waals surface area contributed by atoms with Crippen LogP contribution < -0.4 is 0 Å². The molecule has 0 aliphatic heterocycles. The van der Waals surface area contributed by atoms with E-state index in [1.54, 1.807) is 0 Å². The van der Waals surface area contributed by atoms with Crippen LogP contribution in [-0.2, 0) is 10.8 Å². The van der Waals surface area contributed by atoms with Crippen molar-refractivity contribution in [3.8, 4) is 39.5 Å². The van der Waals surface area contributed by atoms with Gasteiger partial charge in [-0.25, -0.2) is 9.97 Å². The highest BCUT2D eigenvalue weighted by Crippen LogP contribution is 2.64. The van der Waals surface area contributed by atoms with E-state index >= 15 is 0 Å². The summed E-state index contributed by atoms with van der Waals surface area (Å²) in [5.74, 6) is 0.708. The third-order valence-electron chi connectivity index (χ3n) is 13.7. The molecule has 2 heterocycles. The van der Waals surface area contributed by atoms with E-state index in [1.165, 1.54) is 77.2 Å². The number of hydrogen-bond acceptors (Lipinski definition) is 2. The molecule has 0 unspecified atom stereocenters. The number of allylic oxidation sites excluding steroid dienone is 4. The Hall–Kier alpha value is -6.84. The molecule has 0 amide bonds. The van der Waals surface area contributed by atoms with Gasteiger partial charge in [0, 0.05) is 27.3 Å². The summed E-state index contributed by atoms with van der Waals surface area (Å²) in [5, 5.41) is 4.85. The van der Waals surface area contributed by atoms with Crippen LogP contribution in [-0.4, -0.2) is 14.5 Å². The van der Waals surface area contributed by atoms with Crippen LogP contribution in [0.5, 0.6) is 0 Å². The third-order valence-corrected chi connectivity index (χ3v) is 13.7. The summed E-state index contributed by atoms with van der Waals surface area (Å²) >= 11 is 0. The van der Waals surface area contributed by atoms with Crippen molar-refractivity contribution < 1.29 is 0 Å². The molecular weight excluding hydrogens is 691 g/mol. The maximum Gasteiger partial charge on any atom is 0.235 e. The molecule has 3 nitrogen and oxygen atoms in total. The summed E-state index contributed by atoms with van der Waals surface area (Å²) in [7, 11) is 0. The Bertz CT molecular complexity index is 3290. The molecule has 0 fully saturated rings. The molecule has 0 saturated heterocycles. The first-order valence-electron chi connectivity index (χ1n) is 20.2. The zero-order chi connectivity index (χ0) is 37.6. The van der Waals surface area contributed by atoms with E-state index in [-0.39, 0.29) is 10.8 Å². The lowest BCUT2D eigenvalue weighted by molar-refractivity contribution is 0.632. The van der Waals surface area contributed by atoms with Gasteiger partial charge in [-0.3, -0.25) is 4.57 Å². The Morgan fingerprint density at radius 3 is 1.98 bits per heavy atom. The molecule has 57 heavy (non-hydrogen) atoms. The lowest BCUT2D eigenvalue weighted by atomic mass is 9.68. The molecule has 0 atom stereocenters. The van der Waals surface area contributed by atoms with Crippen LogP contribution in [0.15, 0.2) is 169 Å². The van der Waals surface area contributed by atoms with Gasteiger partial charge in [0.1, 0.15) is 0 Å². The molecule has 3 heteroatoms. The Labute approximate surface area is 331 Å². The third kappa shape index (κ3) is 3.87. The van der Waals surface area contributed by atoms with E-state index in [0.29, 0.717) is 5.95 Å². The van der Waals surface area contributed by atoms with Gasteiger partial charge in [-0.15, -0.1) is 0 Å². The molecule has 0 saturated carbocycles.